The molecule has 1 heterocycles. The number of hydrogen-bond acceptors (Lipinski definition) is 3. The molecule has 3 rings (SSSR count). The highest BCUT2D eigenvalue weighted by Crippen LogP contribution is 2.16. The van der Waals surface area contributed by atoms with E-state index in [0.717, 1.165) is 44.6 Å². The van der Waals surface area contributed by atoms with Crippen LogP contribution in [0.15, 0.2) is 54.6 Å². The van der Waals surface area contributed by atoms with Gasteiger partial charge in [0.1, 0.15) is 0 Å². The lowest BCUT2D eigenvalue weighted by Crippen LogP contribution is -2.31. The second-order valence-electron chi connectivity index (χ2n) is 6.80. The number of rotatable bonds is 7. The number of carbonyl (C=O) groups is 1. The largest absolute Gasteiger partial charge is 0.352 e. The molecule has 1 saturated heterocycles. The zero-order valence-electron chi connectivity index (χ0n) is 14.7. The summed E-state index contributed by atoms with van der Waals surface area (Å²) in [6.07, 6.45) is 2.24. The molecule has 3 N–H and O–H groups in total. The van der Waals surface area contributed by atoms with Gasteiger partial charge >= 0.3 is 0 Å². The average molecular weight is 337 g/mol. The van der Waals surface area contributed by atoms with E-state index >= 15 is 0 Å². The van der Waals surface area contributed by atoms with Gasteiger partial charge in [0.2, 0.25) is 0 Å². The molecule has 2 aromatic rings. The first kappa shape index (κ1) is 17.6. The number of nitrogens with two attached hydrogens (primary N) is 1. The van der Waals surface area contributed by atoms with E-state index < -0.39 is 0 Å². The fraction of sp³-hybridized carbons (Fsp3) is 0.381. The van der Waals surface area contributed by atoms with Crippen molar-refractivity contribution >= 4 is 5.91 Å². The maximum absolute atomic E-state index is 12.2. The molecule has 25 heavy (non-hydrogen) atoms. The molecule has 0 radical (unpaired) electrons. The summed E-state index contributed by atoms with van der Waals surface area (Å²) in [7, 11) is 0. The summed E-state index contributed by atoms with van der Waals surface area (Å²) in [5, 5.41) is 3.08. The lowest BCUT2D eigenvalue weighted by atomic mass is 10.1. The molecule has 2 aromatic carbocycles. The van der Waals surface area contributed by atoms with Gasteiger partial charge in [0.05, 0.1) is 0 Å². The third kappa shape index (κ3) is 5.15. The molecular weight excluding hydrogens is 310 g/mol. The minimum absolute atomic E-state index is 0.00584. The highest BCUT2D eigenvalue weighted by Gasteiger charge is 2.22. The van der Waals surface area contributed by atoms with Gasteiger partial charge in [-0.2, -0.15) is 0 Å². The van der Waals surface area contributed by atoms with Crippen LogP contribution < -0.4 is 11.1 Å². The van der Waals surface area contributed by atoms with Crippen molar-refractivity contribution in [3.8, 4) is 0 Å². The Hall–Kier alpha value is -2.17. The summed E-state index contributed by atoms with van der Waals surface area (Å²) in [6, 6.07) is 18.1. The maximum Gasteiger partial charge on any atom is 0.251 e. The van der Waals surface area contributed by atoms with Crippen LogP contribution in [0.3, 0.4) is 0 Å². The van der Waals surface area contributed by atoms with E-state index in [1.54, 1.807) is 0 Å². The zero-order chi connectivity index (χ0) is 17.5. The molecule has 1 unspecified atom stereocenters. The highest BCUT2D eigenvalue weighted by molar-refractivity contribution is 5.94. The first-order valence-electron chi connectivity index (χ1n) is 9.08. The molecule has 4 nitrogen and oxygen atoms in total. The number of amides is 1. The minimum Gasteiger partial charge on any atom is -0.352 e. The molecule has 132 valence electrons. The predicted molar refractivity (Wildman–Crippen MR) is 101 cm³/mol. The smallest absolute Gasteiger partial charge is 0.251 e. The van der Waals surface area contributed by atoms with Gasteiger partial charge in [-0.05, 0) is 48.6 Å². The summed E-state index contributed by atoms with van der Waals surface area (Å²) < 4.78 is 0. The number of nitrogens with zero attached hydrogens (tertiary/aromatic N) is 1. The Morgan fingerprint density at radius 1 is 1.08 bits per heavy atom. The normalized spacial score (nSPS) is 17.6. The lowest BCUT2D eigenvalue weighted by Gasteiger charge is -2.16. The molecule has 0 aliphatic carbocycles. The van der Waals surface area contributed by atoms with Gasteiger partial charge in [-0.25, -0.2) is 0 Å². The first-order chi connectivity index (χ1) is 12.2. The van der Waals surface area contributed by atoms with Gasteiger partial charge < -0.3 is 16.0 Å². The predicted octanol–water partition coefficient (Wildman–Crippen LogP) is 2.44. The highest BCUT2D eigenvalue weighted by atomic mass is 16.1. The van der Waals surface area contributed by atoms with Crippen molar-refractivity contribution in [3.63, 3.8) is 0 Å². The van der Waals surface area contributed by atoms with Crippen LogP contribution in [0.1, 0.15) is 27.9 Å². The van der Waals surface area contributed by atoms with Crippen molar-refractivity contribution in [2.45, 2.75) is 19.4 Å². The monoisotopic (exact) mass is 337 g/mol. The zero-order valence-corrected chi connectivity index (χ0v) is 14.7. The van der Waals surface area contributed by atoms with Gasteiger partial charge in [0.25, 0.3) is 5.91 Å². The molecule has 1 fully saturated rings. The number of benzene rings is 2. The van der Waals surface area contributed by atoms with Crippen molar-refractivity contribution in [1.29, 1.82) is 0 Å². The van der Waals surface area contributed by atoms with E-state index in [9.17, 15) is 4.79 Å². The van der Waals surface area contributed by atoms with Crippen molar-refractivity contribution in [2.24, 2.45) is 11.7 Å². The van der Waals surface area contributed by atoms with Crippen LogP contribution in [-0.2, 0) is 13.0 Å². The van der Waals surface area contributed by atoms with Crippen molar-refractivity contribution in [3.05, 3.63) is 71.3 Å². The first-order valence-corrected chi connectivity index (χ1v) is 9.08. The van der Waals surface area contributed by atoms with Gasteiger partial charge in [-0.15, -0.1) is 0 Å². The molecule has 0 spiro atoms. The van der Waals surface area contributed by atoms with Crippen LogP contribution in [-0.4, -0.2) is 37.0 Å². The third-order valence-corrected chi connectivity index (χ3v) is 4.93. The molecule has 0 bridgehead atoms. The average Bonchev–Trinajstić information content (AvgIpc) is 3.13. The second-order valence-corrected chi connectivity index (χ2v) is 6.80. The summed E-state index contributed by atoms with van der Waals surface area (Å²) in [4.78, 5) is 14.7. The van der Waals surface area contributed by atoms with Gasteiger partial charge in [0, 0.05) is 31.7 Å². The van der Waals surface area contributed by atoms with Crippen molar-refractivity contribution in [2.75, 3.05) is 26.2 Å². The Kier molecular flexibility index (Phi) is 6.20. The number of hydrogen-bond donors (Lipinski definition) is 2. The third-order valence-electron chi connectivity index (χ3n) is 4.93. The molecule has 1 aliphatic heterocycles. The van der Waals surface area contributed by atoms with E-state index in [2.05, 4.69) is 40.5 Å². The van der Waals surface area contributed by atoms with E-state index in [0.29, 0.717) is 18.0 Å². The van der Waals surface area contributed by atoms with Crippen LogP contribution in [0.5, 0.6) is 0 Å². The van der Waals surface area contributed by atoms with Gasteiger partial charge in [0.15, 0.2) is 0 Å². The Labute approximate surface area is 150 Å². The molecule has 1 atom stereocenters. The lowest BCUT2D eigenvalue weighted by molar-refractivity contribution is 0.0947. The fourth-order valence-corrected chi connectivity index (χ4v) is 3.35. The Morgan fingerprint density at radius 2 is 1.84 bits per heavy atom. The van der Waals surface area contributed by atoms with Crippen LogP contribution in [0, 0.1) is 5.92 Å². The molecule has 0 saturated carbocycles. The maximum atomic E-state index is 12.2. The van der Waals surface area contributed by atoms with Crippen LogP contribution in [0.25, 0.3) is 0 Å². The molecular formula is C21H27N3O. The number of likely N-dealkylation sites (tertiary alicyclic amines) is 1. The van der Waals surface area contributed by atoms with E-state index in [1.165, 1.54) is 5.56 Å². The Morgan fingerprint density at radius 3 is 2.56 bits per heavy atom. The van der Waals surface area contributed by atoms with Gasteiger partial charge in [-0.1, -0.05) is 42.5 Å². The fourth-order valence-electron chi connectivity index (χ4n) is 3.35. The van der Waals surface area contributed by atoms with Crippen molar-refractivity contribution < 1.29 is 4.79 Å². The van der Waals surface area contributed by atoms with E-state index in [4.69, 9.17) is 5.73 Å². The number of nitrogens with one attached hydrogen (secondary N) is 1. The van der Waals surface area contributed by atoms with Crippen LogP contribution in [0.2, 0.25) is 0 Å². The molecule has 1 amide bonds. The minimum atomic E-state index is 0.00584. The number of carbonyl (C=O) groups excluding carboxylic acids is 1. The second kappa shape index (κ2) is 8.79. The SMILES string of the molecule is NCc1ccc(C(=O)NCC2CCN(CCc3ccccc3)C2)cc1. The van der Waals surface area contributed by atoms with Crippen molar-refractivity contribution in [1.82, 2.24) is 10.2 Å². The summed E-state index contributed by atoms with van der Waals surface area (Å²) in [6.45, 7) is 4.54. The summed E-state index contributed by atoms with van der Waals surface area (Å²) >= 11 is 0. The van der Waals surface area contributed by atoms with Gasteiger partial charge in [-0.3, -0.25) is 4.79 Å². The topological polar surface area (TPSA) is 58.4 Å². The summed E-state index contributed by atoms with van der Waals surface area (Å²) in [5.41, 5.74) is 8.72. The molecule has 1 aliphatic rings. The molecule has 4 heteroatoms. The Balaban J connectivity index is 1.39. The standard InChI is InChI=1S/C21H27N3O/c22-14-18-6-8-20(9-7-18)21(25)23-15-19-11-13-24(16-19)12-10-17-4-2-1-3-5-17/h1-9,19H,10-16,22H2,(H,23,25). The molecule has 0 aromatic heterocycles. The summed E-state index contributed by atoms with van der Waals surface area (Å²) in [5.74, 6) is 0.550. The van der Waals surface area contributed by atoms with E-state index in [1.807, 2.05) is 24.3 Å². The van der Waals surface area contributed by atoms with Crippen LogP contribution >= 0.6 is 0 Å². The Bertz CT molecular complexity index is 669. The van der Waals surface area contributed by atoms with Crippen LogP contribution in [0.4, 0.5) is 0 Å². The quantitative estimate of drug-likeness (QED) is 0.816. The van der Waals surface area contributed by atoms with E-state index in [-0.39, 0.29) is 5.91 Å².